The lowest BCUT2D eigenvalue weighted by molar-refractivity contribution is -0.117. The smallest absolute Gasteiger partial charge is 0.238 e. The van der Waals surface area contributed by atoms with Crippen molar-refractivity contribution < 1.29 is 9.90 Å². The normalized spacial score (nSPS) is 10.9. The fourth-order valence-corrected chi connectivity index (χ4v) is 3.31. The summed E-state index contributed by atoms with van der Waals surface area (Å²) in [6, 6.07) is 16.9. The lowest BCUT2D eigenvalue weighted by Gasteiger charge is -2.24. The predicted molar refractivity (Wildman–Crippen MR) is 120 cm³/mol. The Labute approximate surface area is 179 Å². The van der Waals surface area contributed by atoms with Crippen LogP contribution in [0.5, 0.6) is 0 Å². The van der Waals surface area contributed by atoms with E-state index in [0.29, 0.717) is 18.7 Å². The number of carbonyl (C=O) groups excluding carboxylic acids is 1. The predicted octanol–water partition coefficient (Wildman–Crippen LogP) is 3.22. The van der Waals surface area contributed by atoms with Gasteiger partial charge in [-0.15, -0.1) is 0 Å². The Morgan fingerprint density at radius 3 is 2.13 bits per heavy atom. The fourth-order valence-electron chi connectivity index (χ4n) is 3.31. The molecule has 6 heteroatoms. The van der Waals surface area contributed by atoms with Gasteiger partial charge in [-0.3, -0.25) is 9.69 Å². The molecule has 160 valence electrons. The second-order valence-corrected chi connectivity index (χ2v) is 7.30. The Morgan fingerprint density at radius 2 is 1.57 bits per heavy atom. The number of hydrogen-bond donors (Lipinski definition) is 2. The molecular weight excluding hydrogens is 376 g/mol. The zero-order chi connectivity index (χ0) is 21.8. The third kappa shape index (κ3) is 7.96. The van der Waals surface area contributed by atoms with Crippen molar-refractivity contribution in [2.75, 3.05) is 38.0 Å². The van der Waals surface area contributed by atoms with Crippen LogP contribution >= 0.6 is 0 Å². The van der Waals surface area contributed by atoms with Gasteiger partial charge >= 0.3 is 0 Å². The number of aliphatic hydroxyl groups is 1. The summed E-state index contributed by atoms with van der Waals surface area (Å²) in [5, 5.41) is 21.1. The van der Waals surface area contributed by atoms with E-state index in [0.717, 1.165) is 49.4 Å². The first-order chi connectivity index (χ1) is 14.6. The molecule has 0 heterocycles. The summed E-state index contributed by atoms with van der Waals surface area (Å²) in [5.74, 6) is -0.0665. The molecule has 0 aliphatic rings. The van der Waals surface area contributed by atoms with E-state index in [4.69, 9.17) is 10.4 Å². The third-order valence-corrected chi connectivity index (χ3v) is 5.12. The number of carbonyl (C=O) groups is 1. The molecule has 0 fully saturated rings. The van der Waals surface area contributed by atoms with Gasteiger partial charge in [0.2, 0.25) is 5.91 Å². The summed E-state index contributed by atoms with van der Waals surface area (Å²) >= 11 is 0. The Morgan fingerprint density at radius 1 is 0.967 bits per heavy atom. The highest BCUT2D eigenvalue weighted by molar-refractivity contribution is 5.92. The summed E-state index contributed by atoms with van der Waals surface area (Å²) in [4.78, 5) is 17.1. The van der Waals surface area contributed by atoms with Crippen molar-refractivity contribution in [1.82, 2.24) is 9.80 Å². The standard InChI is InChI=1S/C24H32N4O2/c1-3-27(4-2)14-5-15-28(17-21-8-6-20(16-25)7-9-21)18-24(30)26-23-12-10-22(19-29)11-13-23/h6-13,29H,3-5,14-15,17-19H2,1-2H3,(H,26,30). The molecule has 0 saturated carbocycles. The molecule has 0 aliphatic heterocycles. The minimum atomic E-state index is -0.0665. The van der Waals surface area contributed by atoms with Gasteiger partial charge in [0, 0.05) is 18.8 Å². The average molecular weight is 409 g/mol. The van der Waals surface area contributed by atoms with Crippen LogP contribution in [0.3, 0.4) is 0 Å². The maximum atomic E-state index is 12.6. The van der Waals surface area contributed by atoms with E-state index >= 15 is 0 Å². The molecule has 2 rings (SSSR count). The van der Waals surface area contributed by atoms with Crippen LogP contribution < -0.4 is 5.32 Å². The van der Waals surface area contributed by atoms with Crippen LogP contribution in [0, 0.1) is 11.3 Å². The molecule has 1 amide bonds. The number of nitrogens with one attached hydrogen (secondary N) is 1. The van der Waals surface area contributed by atoms with E-state index in [1.165, 1.54) is 0 Å². The van der Waals surface area contributed by atoms with E-state index < -0.39 is 0 Å². The number of rotatable bonds is 12. The summed E-state index contributed by atoms with van der Waals surface area (Å²) in [7, 11) is 0. The van der Waals surface area contributed by atoms with Gasteiger partial charge in [-0.25, -0.2) is 0 Å². The van der Waals surface area contributed by atoms with Gasteiger partial charge < -0.3 is 15.3 Å². The molecule has 0 saturated heterocycles. The number of amides is 1. The Kier molecular flexibility index (Phi) is 10.0. The second kappa shape index (κ2) is 12.8. The zero-order valence-electron chi connectivity index (χ0n) is 18.0. The quantitative estimate of drug-likeness (QED) is 0.564. The van der Waals surface area contributed by atoms with E-state index in [1.54, 1.807) is 24.3 Å². The maximum Gasteiger partial charge on any atom is 0.238 e. The highest BCUT2D eigenvalue weighted by Crippen LogP contribution is 2.11. The van der Waals surface area contributed by atoms with Crippen LogP contribution in [-0.4, -0.2) is 53.5 Å². The molecule has 2 N–H and O–H groups in total. The van der Waals surface area contributed by atoms with E-state index in [1.807, 2.05) is 24.3 Å². The third-order valence-electron chi connectivity index (χ3n) is 5.12. The van der Waals surface area contributed by atoms with Crippen molar-refractivity contribution in [3.8, 4) is 6.07 Å². The van der Waals surface area contributed by atoms with Crippen molar-refractivity contribution in [3.63, 3.8) is 0 Å². The molecule has 2 aromatic carbocycles. The van der Waals surface area contributed by atoms with Gasteiger partial charge in [0.15, 0.2) is 0 Å². The summed E-state index contributed by atoms with van der Waals surface area (Å²) < 4.78 is 0. The van der Waals surface area contributed by atoms with Crippen LogP contribution in [0.4, 0.5) is 5.69 Å². The first kappa shape index (κ1) is 23.6. The number of hydrogen-bond acceptors (Lipinski definition) is 5. The molecule has 2 aromatic rings. The Bertz CT molecular complexity index is 809. The minimum absolute atomic E-state index is 0.0147. The minimum Gasteiger partial charge on any atom is -0.392 e. The molecule has 0 aromatic heterocycles. The molecule has 0 radical (unpaired) electrons. The lowest BCUT2D eigenvalue weighted by atomic mass is 10.1. The van der Waals surface area contributed by atoms with E-state index in [9.17, 15) is 4.79 Å². The Balaban J connectivity index is 1.98. The number of anilines is 1. The molecule has 0 atom stereocenters. The van der Waals surface area contributed by atoms with Gasteiger partial charge in [0.1, 0.15) is 0 Å². The van der Waals surface area contributed by atoms with Crippen molar-refractivity contribution in [2.45, 2.75) is 33.4 Å². The molecule has 30 heavy (non-hydrogen) atoms. The number of nitriles is 1. The number of benzene rings is 2. The highest BCUT2D eigenvalue weighted by atomic mass is 16.3. The maximum absolute atomic E-state index is 12.6. The van der Waals surface area contributed by atoms with Crippen LogP contribution in [-0.2, 0) is 17.9 Å². The van der Waals surface area contributed by atoms with Crippen LogP contribution in [0.1, 0.15) is 37.0 Å². The van der Waals surface area contributed by atoms with Crippen LogP contribution in [0.2, 0.25) is 0 Å². The second-order valence-electron chi connectivity index (χ2n) is 7.30. The lowest BCUT2D eigenvalue weighted by Crippen LogP contribution is -2.35. The van der Waals surface area contributed by atoms with Crippen molar-refractivity contribution in [3.05, 3.63) is 65.2 Å². The van der Waals surface area contributed by atoms with Gasteiger partial charge in [0.05, 0.1) is 24.8 Å². The monoisotopic (exact) mass is 408 g/mol. The summed E-state index contributed by atoms with van der Waals surface area (Å²) in [6.45, 7) is 9.11. The summed E-state index contributed by atoms with van der Waals surface area (Å²) in [6.07, 6.45) is 0.983. The first-order valence-corrected chi connectivity index (χ1v) is 10.5. The van der Waals surface area contributed by atoms with Gasteiger partial charge in [-0.05, 0) is 61.4 Å². The molecule has 0 spiro atoms. The zero-order valence-corrected chi connectivity index (χ0v) is 18.0. The number of nitrogens with zero attached hydrogens (tertiary/aromatic N) is 3. The largest absolute Gasteiger partial charge is 0.392 e. The average Bonchev–Trinajstić information content (AvgIpc) is 2.77. The van der Waals surface area contributed by atoms with E-state index in [-0.39, 0.29) is 12.5 Å². The van der Waals surface area contributed by atoms with Crippen LogP contribution in [0.25, 0.3) is 0 Å². The highest BCUT2D eigenvalue weighted by Gasteiger charge is 2.13. The molecule has 6 nitrogen and oxygen atoms in total. The number of aliphatic hydroxyl groups excluding tert-OH is 1. The topological polar surface area (TPSA) is 79.6 Å². The summed E-state index contributed by atoms with van der Waals surface area (Å²) in [5.41, 5.74) is 3.25. The molecular formula is C24H32N4O2. The first-order valence-electron chi connectivity index (χ1n) is 10.5. The van der Waals surface area contributed by atoms with Gasteiger partial charge in [0.25, 0.3) is 0 Å². The van der Waals surface area contributed by atoms with Crippen molar-refractivity contribution >= 4 is 11.6 Å². The van der Waals surface area contributed by atoms with Crippen molar-refractivity contribution in [2.24, 2.45) is 0 Å². The molecule has 0 unspecified atom stereocenters. The van der Waals surface area contributed by atoms with E-state index in [2.05, 4.69) is 35.0 Å². The SMILES string of the molecule is CCN(CC)CCCN(CC(=O)Nc1ccc(CO)cc1)Cc1ccc(C#N)cc1. The van der Waals surface area contributed by atoms with Gasteiger partial charge in [-0.1, -0.05) is 38.1 Å². The molecule has 0 aliphatic carbocycles. The van der Waals surface area contributed by atoms with Gasteiger partial charge in [-0.2, -0.15) is 5.26 Å². The van der Waals surface area contributed by atoms with Crippen LogP contribution in [0.15, 0.2) is 48.5 Å². The van der Waals surface area contributed by atoms with Crippen molar-refractivity contribution in [1.29, 1.82) is 5.26 Å². The Hall–Kier alpha value is -2.72. The fraction of sp³-hybridized carbons (Fsp3) is 0.417. The molecule has 0 bridgehead atoms.